The highest BCUT2D eigenvalue weighted by Crippen LogP contribution is 2.24. The van der Waals surface area contributed by atoms with E-state index in [1.165, 1.54) is 40.5 Å². The van der Waals surface area contributed by atoms with Crippen molar-refractivity contribution in [3.63, 3.8) is 0 Å². The lowest BCUT2D eigenvalue weighted by molar-refractivity contribution is -0.117. The fraction of sp³-hybridized carbons (Fsp3) is 0.143. The van der Waals surface area contributed by atoms with E-state index in [1.807, 2.05) is 0 Å². The number of benzene rings is 1. The number of thiophene rings is 1. The number of nitrogens with two attached hydrogens (primary N) is 1. The molecule has 0 saturated heterocycles. The van der Waals surface area contributed by atoms with E-state index in [9.17, 15) is 14.0 Å². The number of amides is 2. The average molecular weight is 371 g/mol. The number of halogens is 2. The van der Waals surface area contributed by atoms with E-state index in [1.54, 1.807) is 11.4 Å². The lowest BCUT2D eigenvalue weighted by Gasteiger charge is -2.22. The molecule has 0 saturated carbocycles. The molecule has 0 bridgehead atoms. The summed E-state index contributed by atoms with van der Waals surface area (Å²) in [5, 5.41) is 1.72. The van der Waals surface area contributed by atoms with Gasteiger partial charge in [-0.3, -0.25) is 9.59 Å². The number of primary amides is 1. The van der Waals surface area contributed by atoms with Gasteiger partial charge in [0.2, 0.25) is 5.91 Å². The number of rotatable bonds is 5. The molecule has 0 aliphatic heterocycles. The maximum atomic E-state index is 13.0. The fourth-order valence-electron chi connectivity index (χ4n) is 1.77. The first kappa shape index (κ1) is 15.7. The van der Waals surface area contributed by atoms with Crippen LogP contribution in [0, 0.1) is 5.82 Å². The van der Waals surface area contributed by atoms with Crippen molar-refractivity contribution in [1.82, 2.24) is 0 Å². The number of hydrogen-bond donors (Lipinski definition) is 1. The average Bonchev–Trinajstić information content (AvgIpc) is 2.87. The van der Waals surface area contributed by atoms with E-state index in [-0.39, 0.29) is 24.7 Å². The Kier molecular flexibility index (Phi) is 5.08. The molecule has 21 heavy (non-hydrogen) atoms. The molecule has 0 aliphatic rings. The first-order valence-electron chi connectivity index (χ1n) is 6.07. The van der Waals surface area contributed by atoms with Gasteiger partial charge in [0, 0.05) is 24.0 Å². The molecule has 0 spiro atoms. The Labute approximate surface area is 133 Å². The van der Waals surface area contributed by atoms with Gasteiger partial charge in [-0.1, -0.05) is 0 Å². The molecule has 0 fully saturated rings. The molecule has 0 radical (unpaired) electrons. The third-order valence-corrected chi connectivity index (χ3v) is 4.28. The summed E-state index contributed by atoms with van der Waals surface area (Å²) >= 11 is 4.69. The Balaban J connectivity index is 2.28. The number of carbonyl (C=O) groups is 2. The zero-order valence-electron chi connectivity index (χ0n) is 10.9. The zero-order chi connectivity index (χ0) is 15.4. The Bertz CT molecular complexity index is 657. The largest absolute Gasteiger partial charge is 0.370 e. The molecule has 0 aliphatic carbocycles. The topological polar surface area (TPSA) is 63.4 Å². The Hall–Kier alpha value is -1.73. The quantitative estimate of drug-likeness (QED) is 0.878. The minimum Gasteiger partial charge on any atom is -0.370 e. The van der Waals surface area contributed by atoms with E-state index in [0.717, 1.165) is 3.79 Å². The van der Waals surface area contributed by atoms with E-state index < -0.39 is 5.91 Å². The smallest absolute Gasteiger partial charge is 0.259 e. The maximum absolute atomic E-state index is 13.0. The van der Waals surface area contributed by atoms with Crippen molar-refractivity contribution in [2.45, 2.75) is 6.42 Å². The van der Waals surface area contributed by atoms with Crippen molar-refractivity contribution in [3.8, 4) is 0 Å². The van der Waals surface area contributed by atoms with Crippen LogP contribution in [0.15, 0.2) is 39.5 Å². The molecule has 110 valence electrons. The predicted octanol–water partition coefficient (Wildman–Crippen LogP) is 3.17. The van der Waals surface area contributed by atoms with Crippen molar-refractivity contribution in [2.75, 3.05) is 11.4 Å². The van der Waals surface area contributed by atoms with Crippen LogP contribution < -0.4 is 10.6 Å². The third kappa shape index (κ3) is 4.12. The monoisotopic (exact) mass is 370 g/mol. The summed E-state index contributed by atoms with van der Waals surface area (Å²) in [6.07, 6.45) is 0.0361. The predicted molar refractivity (Wildman–Crippen MR) is 83.9 cm³/mol. The van der Waals surface area contributed by atoms with Crippen LogP contribution in [0.1, 0.15) is 16.8 Å². The Morgan fingerprint density at radius 3 is 2.48 bits per heavy atom. The highest BCUT2D eigenvalue weighted by atomic mass is 79.9. The van der Waals surface area contributed by atoms with Crippen LogP contribution in [-0.2, 0) is 4.79 Å². The molecule has 2 aromatic rings. The molecule has 7 heteroatoms. The van der Waals surface area contributed by atoms with Crippen LogP contribution in [0.5, 0.6) is 0 Å². The summed E-state index contributed by atoms with van der Waals surface area (Å²) in [6, 6.07) is 7.23. The van der Waals surface area contributed by atoms with E-state index in [4.69, 9.17) is 5.73 Å². The molecule has 2 N–H and O–H groups in total. The van der Waals surface area contributed by atoms with E-state index in [0.29, 0.717) is 11.3 Å². The van der Waals surface area contributed by atoms with Crippen LogP contribution in [0.25, 0.3) is 0 Å². The number of anilines is 1. The van der Waals surface area contributed by atoms with Crippen LogP contribution in [0.3, 0.4) is 0 Å². The van der Waals surface area contributed by atoms with Gasteiger partial charge >= 0.3 is 0 Å². The minimum absolute atomic E-state index is 0.0361. The van der Waals surface area contributed by atoms with E-state index >= 15 is 0 Å². The summed E-state index contributed by atoms with van der Waals surface area (Å²) in [5.74, 6) is -1.15. The molecule has 2 rings (SSSR count). The summed E-state index contributed by atoms with van der Waals surface area (Å²) in [6.45, 7) is 0.146. The highest BCUT2D eigenvalue weighted by molar-refractivity contribution is 9.11. The standard InChI is InChI=1S/C14H12BrFN2O2S/c15-12-7-9(8-21-12)14(20)18(6-5-13(17)19)11-3-1-10(16)2-4-11/h1-4,7-8H,5-6H2,(H2,17,19). The van der Waals surface area contributed by atoms with Crippen molar-refractivity contribution in [2.24, 2.45) is 5.73 Å². The highest BCUT2D eigenvalue weighted by Gasteiger charge is 2.19. The van der Waals surface area contributed by atoms with Gasteiger partial charge in [-0.25, -0.2) is 4.39 Å². The molecule has 0 unspecified atom stereocenters. The van der Waals surface area contributed by atoms with Gasteiger partial charge in [0.05, 0.1) is 9.35 Å². The first-order valence-corrected chi connectivity index (χ1v) is 7.74. The van der Waals surface area contributed by atoms with Crippen LogP contribution in [0.4, 0.5) is 10.1 Å². The SMILES string of the molecule is NC(=O)CCN(C(=O)c1csc(Br)c1)c1ccc(F)cc1. The molecule has 1 aromatic heterocycles. The summed E-state index contributed by atoms with van der Waals surface area (Å²) in [4.78, 5) is 24.9. The molecular formula is C14H12BrFN2O2S. The molecule has 4 nitrogen and oxygen atoms in total. The normalized spacial score (nSPS) is 10.4. The molecule has 2 amide bonds. The van der Waals surface area contributed by atoms with Gasteiger partial charge in [-0.2, -0.15) is 0 Å². The minimum atomic E-state index is -0.499. The summed E-state index contributed by atoms with van der Waals surface area (Å²) in [7, 11) is 0. The first-order chi connectivity index (χ1) is 9.97. The maximum Gasteiger partial charge on any atom is 0.259 e. The van der Waals surface area contributed by atoms with Crippen LogP contribution in [-0.4, -0.2) is 18.4 Å². The molecular weight excluding hydrogens is 359 g/mol. The number of carbonyl (C=O) groups excluding carboxylic acids is 2. The van der Waals surface area contributed by atoms with Crippen molar-refractivity contribution in [3.05, 3.63) is 50.9 Å². The lowest BCUT2D eigenvalue weighted by Crippen LogP contribution is -2.33. The second kappa shape index (κ2) is 6.82. The molecule has 1 heterocycles. The fourth-order valence-corrected chi connectivity index (χ4v) is 2.90. The summed E-state index contributed by atoms with van der Waals surface area (Å²) < 4.78 is 13.8. The Morgan fingerprint density at radius 2 is 1.95 bits per heavy atom. The van der Waals surface area contributed by atoms with Gasteiger partial charge in [0.1, 0.15) is 5.82 Å². The Morgan fingerprint density at radius 1 is 1.29 bits per heavy atom. The van der Waals surface area contributed by atoms with Crippen molar-refractivity contribution >= 4 is 44.8 Å². The van der Waals surface area contributed by atoms with Gasteiger partial charge < -0.3 is 10.6 Å². The zero-order valence-corrected chi connectivity index (χ0v) is 13.3. The van der Waals surface area contributed by atoms with Crippen LogP contribution in [0.2, 0.25) is 0 Å². The summed E-state index contributed by atoms with van der Waals surface area (Å²) in [5.41, 5.74) is 6.16. The van der Waals surface area contributed by atoms with E-state index in [2.05, 4.69) is 15.9 Å². The van der Waals surface area contributed by atoms with Gasteiger partial charge in [0.15, 0.2) is 0 Å². The van der Waals surface area contributed by atoms with Gasteiger partial charge in [-0.05, 0) is 46.3 Å². The number of hydrogen-bond acceptors (Lipinski definition) is 3. The third-order valence-electron chi connectivity index (χ3n) is 2.78. The van der Waals surface area contributed by atoms with Gasteiger partial charge in [-0.15, -0.1) is 11.3 Å². The van der Waals surface area contributed by atoms with Crippen molar-refractivity contribution < 1.29 is 14.0 Å². The second-order valence-corrected chi connectivity index (χ2v) is 6.58. The molecule has 0 atom stereocenters. The van der Waals surface area contributed by atoms with Crippen LogP contribution >= 0.6 is 27.3 Å². The van der Waals surface area contributed by atoms with Crippen molar-refractivity contribution in [1.29, 1.82) is 0 Å². The second-order valence-electron chi connectivity index (χ2n) is 4.29. The van der Waals surface area contributed by atoms with Gasteiger partial charge in [0.25, 0.3) is 5.91 Å². The molecule has 1 aromatic carbocycles. The number of nitrogens with zero attached hydrogens (tertiary/aromatic N) is 1. The lowest BCUT2D eigenvalue weighted by atomic mass is 10.2.